The molecule has 0 heterocycles. The zero-order valence-corrected chi connectivity index (χ0v) is 12.9. The zero-order valence-electron chi connectivity index (χ0n) is 9.73. The average molecular weight is 372 g/mol. The third kappa shape index (κ3) is 2.94. The van der Waals surface area contributed by atoms with Gasteiger partial charge in [-0.05, 0) is 35.9 Å². The van der Waals surface area contributed by atoms with Gasteiger partial charge >= 0.3 is 0 Å². The van der Waals surface area contributed by atoms with Gasteiger partial charge in [0.1, 0.15) is 11.9 Å². The van der Waals surface area contributed by atoms with Crippen LogP contribution in [0.25, 0.3) is 0 Å². The van der Waals surface area contributed by atoms with Crippen LogP contribution < -0.4 is 4.74 Å². The van der Waals surface area contributed by atoms with E-state index >= 15 is 0 Å². The Morgan fingerprint density at radius 1 is 1.06 bits per heavy atom. The second-order valence-electron chi connectivity index (χ2n) is 3.84. The molecule has 4 heteroatoms. The lowest BCUT2D eigenvalue weighted by Gasteiger charge is -2.14. The normalized spacial score (nSPS) is 12.2. The van der Waals surface area contributed by atoms with Gasteiger partial charge in [-0.25, -0.2) is 0 Å². The smallest absolute Gasteiger partial charge is 0.119 e. The van der Waals surface area contributed by atoms with Crippen molar-refractivity contribution in [2.24, 2.45) is 0 Å². The molecule has 2 aromatic rings. The van der Waals surface area contributed by atoms with Crippen LogP contribution in [0.3, 0.4) is 0 Å². The number of rotatable bonds is 3. The maximum atomic E-state index is 10.4. The van der Waals surface area contributed by atoms with Crippen LogP contribution in [0, 0.1) is 0 Å². The molecule has 0 aromatic heterocycles. The van der Waals surface area contributed by atoms with Crippen LogP contribution in [0.1, 0.15) is 17.2 Å². The maximum absolute atomic E-state index is 10.4. The predicted octanol–water partition coefficient (Wildman–Crippen LogP) is 4.30. The molecule has 0 aliphatic heterocycles. The Morgan fingerprint density at radius 3 is 2.33 bits per heavy atom. The zero-order chi connectivity index (χ0) is 13.1. The highest BCUT2D eigenvalue weighted by atomic mass is 79.9. The number of halogens is 2. The second-order valence-corrected chi connectivity index (χ2v) is 5.61. The molecule has 1 atom stereocenters. The monoisotopic (exact) mass is 370 g/mol. The first-order valence-corrected chi connectivity index (χ1v) is 6.97. The van der Waals surface area contributed by atoms with E-state index in [2.05, 4.69) is 31.9 Å². The SMILES string of the molecule is COc1ccc(Br)c(C(O)c2ccc(Br)cc2)c1. The molecule has 0 fully saturated rings. The summed E-state index contributed by atoms with van der Waals surface area (Å²) in [6.07, 6.45) is -0.678. The van der Waals surface area contributed by atoms with Crippen LogP contribution >= 0.6 is 31.9 Å². The lowest BCUT2D eigenvalue weighted by atomic mass is 10.0. The first-order chi connectivity index (χ1) is 8.61. The molecular formula is C14H12Br2O2. The molecule has 1 unspecified atom stereocenters. The highest BCUT2D eigenvalue weighted by molar-refractivity contribution is 9.10. The Bertz CT molecular complexity index is 538. The molecule has 0 saturated heterocycles. The molecule has 0 aliphatic carbocycles. The summed E-state index contributed by atoms with van der Waals surface area (Å²) < 4.78 is 7.02. The Kier molecular flexibility index (Phi) is 4.43. The maximum Gasteiger partial charge on any atom is 0.119 e. The standard InChI is InChI=1S/C14H12Br2O2/c1-18-11-6-7-13(16)12(8-11)14(17)9-2-4-10(15)5-3-9/h2-8,14,17H,1H3. The van der Waals surface area contributed by atoms with E-state index < -0.39 is 6.10 Å². The molecule has 18 heavy (non-hydrogen) atoms. The van der Waals surface area contributed by atoms with Crippen LogP contribution in [0.15, 0.2) is 51.4 Å². The van der Waals surface area contributed by atoms with Crippen LogP contribution in [-0.4, -0.2) is 12.2 Å². The first-order valence-electron chi connectivity index (χ1n) is 5.39. The van der Waals surface area contributed by atoms with Gasteiger partial charge in [-0.2, -0.15) is 0 Å². The van der Waals surface area contributed by atoms with Gasteiger partial charge in [0.25, 0.3) is 0 Å². The van der Waals surface area contributed by atoms with Gasteiger partial charge in [0.2, 0.25) is 0 Å². The second kappa shape index (κ2) is 5.87. The van der Waals surface area contributed by atoms with Gasteiger partial charge < -0.3 is 9.84 Å². The third-order valence-corrected chi connectivity index (χ3v) is 3.93. The van der Waals surface area contributed by atoms with Gasteiger partial charge in [-0.15, -0.1) is 0 Å². The van der Waals surface area contributed by atoms with Crippen molar-refractivity contribution >= 4 is 31.9 Å². The summed E-state index contributed by atoms with van der Waals surface area (Å²) >= 11 is 6.82. The van der Waals surface area contributed by atoms with Crippen molar-refractivity contribution in [3.8, 4) is 5.75 Å². The lowest BCUT2D eigenvalue weighted by molar-refractivity contribution is 0.219. The van der Waals surface area contributed by atoms with E-state index in [1.165, 1.54) is 0 Å². The van der Waals surface area contributed by atoms with Crippen LogP contribution in [-0.2, 0) is 0 Å². The Labute approximate surface area is 123 Å². The Hall–Kier alpha value is -0.840. The van der Waals surface area contributed by atoms with Crippen LogP contribution in [0.2, 0.25) is 0 Å². The van der Waals surface area contributed by atoms with E-state index in [4.69, 9.17) is 4.74 Å². The van der Waals surface area contributed by atoms with Crippen LogP contribution in [0.5, 0.6) is 5.75 Å². The fourth-order valence-corrected chi connectivity index (χ4v) is 2.41. The number of aliphatic hydroxyl groups excluding tert-OH is 1. The Balaban J connectivity index is 2.38. The summed E-state index contributed by atoms with van der Waals surface area (Å²) in [6, 6.07) is 13.1. The van der Waals surface area contributed by atoms with Crippen molar-refractivity contribution in [1.29, 1.82) is 0 Å². The minimum atomic E-state index is -0.678. The van der Waals surface area contributed by atoms with E-state index in [1.54, 1.807) is 7.11 Å². The molecule has 0 radical (unpaired) electrons. The summed E-state index contributed by atoms with van der Waals surface area (Å²) in [5.41, 5.74) is 1.63. The van der Waals surface area contributed by atoms with E-state index in [-0.39, 0.29) is 0 Å². The van der Waals surface area contributed by atoms with Crippen molar-refractivity contribution in [3.63, 3.8) is 0 Å². The predicted molar refractivity (Wildman–Crippen MR) is 78.9 cm³/mol. The fraction of sp³-hybridized carbons (Fsp3) is 0.143. The number of hydrogen-bond acceptors (Lipinski definition) is 2. The number of methoxy groups -OCH3 is 1. The molecule has 0 spiro atoms. The van der Waals surface area contributed by atoms with Gasteiger partial charge in [0, 0.05) is 14.5 Å². The largest absolute Gasteiger partial charge is 0.497 e. The molecular weight excluding hydrogens is 360 g/mol. The fourth-order valence-electron chi connectivity index (χ4n) is 1.68. The van der Waals surface area contributed by atoms with Crippen molar-refractivity contribution in [2.75, 3.05) is 7.11 Å². The molecule has 2 nitrogen and oxygen atoms in total. The van der Waals surface area contributed by atoms with Crippen molar-refractivity contribution in [2.45, 2.75) is 6.10 Å². The molecule has 1 N–H and O–H groups in total. The van der Waals surface area contributed by atoms with Crippen molar-refractivity contribution < 1.29 is 9.84 Å². The molecule has 0 aliphatic rings. The van der Waals surface area contributed by atoms with Gasteiger partial charge in [-0.3, -0.25) is 0 Å². The first kappa shape index (κ1) is 13.6. The highest BCUT2D eigenvalue weighted by Gasteiger charge is 2.14. The lowest BCUT2D eigenvalue weighted by Crippen LogP contribution is -2.01. The van der Waals surface area contributed by atoms with Gasteiger partial charge in [-0.1, -0.05) is 44.0 Å². The van der Waals surface area contributed by atoms with Crippen LogP contribution in [0.4, 0.5) is 0 Å². The van der Waals surface area contributed by atoms with E-state index in [0.717, 1.165) is 25.8 Å². The van der Waals surface area contributed by atoms with Gasteiger partial charge in [0.15, 0.2) is 0 Å². The number of aliphatic hydroxyl groups is 1. The molecule has 2 aromatic carbocycles. The summed E-state index contributed by atoms with van der Waals surface area (Å²) in [6.45, 7) is 0. The molecule has 2 rings (SSSR count). The van der Waals surface area contributed by atoms with Crippen molar-refractivity contribution in [3.05, 3.63) is 62.5 Å². The topological polar surface area (TPSA) is 29.5 Å². The summed E-state index contributed by atoms with van der Waals surface area (Å²) in [5, 5.41) is 10.4. The van der Waals surface area contributed by atoms with Crippen molar-refractivity contribution in [1.82, 2.24) is 0 Å². The third-order valence-electron chi connectivity index (χ3n) is 2.68. The average Bonchev–Trinajstić information content (AvgIpc) is 2.39. The molecule has 0 amide bonds. The summed E-state index contributed by atoms with van der Waals surface area (Å²) in [4.78, 5) is 0. The molecule has 0 bridgehead atoms. The minimum absolute atomic E-state index is 0.678. The number of benzene rings is 2. The summed E-state index contributed by atoms with van der Waals surface area (Å²) in [5.74, 6) is 0.726. The van der Waals surface area contributed by atoms with E-state index in [1.807, 2.05) is 42.5 Å². The molecule has 0 saturated carbocycles. The van der Waals surface area contributed by atoms with E-state index in [9.17, 15) is 5.11 Å². The highest BCUT2D eigenvalue weighted by Crippen LogP contribution is 2.31. The quantitative estimate of drug-likeness (QED) is 0.871. The van der Waals surface area contributed by atoms with Gasteiger partial charge in [0.05, 0.1) is 7.11 Å². The Morgan fingerprint density at radius 2 is 1.72 bits per heavy atom. The minimum Gasteiger partial charge on any atom is -0.497 e. The molecule has 94 valence electrons. The van der Waals surface area contributed by atoms with E-state index in [0.29, 0.717) is 0 Å². The number of hydrogen-bond donors (Lipinski definition) is 1. The summed E-state index contributed by atoms with van der Waals surface area (Å²) in [7, 11) is 1.61. The number of ether oxygens (including phenoxy) is 1.